The molecule has 9 nitrogen and oxygen atoms in total. The number of aromatic nitrogens is 3. The Labute approximate surface area is 261 Å². The molecule has 3 heterocycles. The summed E-state index contributed by atoms with van der Waals surface area (Å²) < 4.78 is 10.3. The van der Waals surface area contributed by atoms with Gasteiger partial charge in [0.15, 0.2) is 5.82 Å². The number of carbonyl (C=O) groups is 1. The Kier molecular flexibility index (Phi) is 6.74. The number of hydrogen-bond acceptors (Lipinski definition) is 6. The van der Waals surface area contributed by atoms with Gasteiger partial charge in [-0.2, -0.15) is 0 Å². The third-order valence-electron chi connectivity index (χ3n) is 10.4. The smallest absolute Gasteiger partial charge is 0.254 e. The second kappa shape index (κ2) is 10.7. The van der Waals surface area contributed by atoms with Gasteiger partial charge in [0.05, 0.1) is 30.4 Å². The van der Waals surface area contributed by atoms with Crippen LogP contribution >= 0.6 is 0 Å². The van der Waals surface area contributed by atoms with Gasteiger partial charge >= 0.3 is 0 Å². The molecule has 4 N–H and O–H groups in total. The van der Waals surface area contributed by atoms with E-state index < -0.39 is 6.10 Å². The summed E-state index contributed by atoms with van der Waals surface area (Å²) in [6.07, 6.45) is 3.52. The summed E-state index contributed by atoms with van der Waals surface area (Å²) in [5.74, 6) is 2.40. The predicted molar refractivity (Wildman–Crippen MR) is 174 cm³/mol. The number of fused-ring (bicyclic) bond motifs is 4. The second-order valence-corrected chi connectivity index (χ2v) is 13.1. The lowest BCUT2D eigenvalue weighted by atomic mass is 9.99. The van der Waals surface area contributed by atoms with Crippen molar-refractivity contribution in [3.8, 4) is 28.4 Å². The molecule has 232 valence electrons. The number of nitrogens with two attached hydrogens (primary N) is 1. The van der Waals surface area contributed by atoms with Crippen molar-refractivity contribution in [1.82, 2.24) is 19.0 Å². The van der Waals surface area contributed by atoms with Gasteiger partial charge in [-0.25, -0.2) is 4.98 Å². The van der Waals surface area contributed by atoms with E-state index in [9.17, 15) is 15.0 Å². The molecule has 1 saturated heterocycles. The van der Waals surface area contributed by atoms with E-state index in [2.05, 4.69) is 33.4 Å². The largest absolute Gasteiger partial charge is 0.494 e. The number of nitrogens with zero attached hydrogens (tertiary/aromatic N) is 4. The molecule has 5 aromatic rings. The standard InChI is InChI=1S/C36H39N5O4/c1-39-34-27(14-25(16-31(34)45-2)36(44)41-18-24-11-12-28(41)32(24)37)38-35(39)29-15-23-7-4-8-26(33(23)40(29)17-20-9-10-20)21-5-3-6-22(13-21)30(43)19-42/h3-8,13-16,20,24,28,30,32,42-43H,9-12,17-19,37H2,1-2H3/t24-,28-,30?,32?/m1/s1. The minimum absolute atomic E-state index is 0.00825. The van der Waals surface area contributed by atoms with E-state index in [-0.39, 0.29) is 24.6 Å². The molecule has 0 radical (unpaired) electrons. The van der Waals surface area contributed by atoms with E-state index >= 15 is 0 Å². The summed E-state index contributed by atoms with van der Waals surface area (Å²) >= 11 is 0. The number of aliphatic hydroxyl groups excluding tert-OH is 2. The molecule has 4 atom stereocenters. The fourth-order valence-corrected chi connectivity index (χ4v) is 7.78. The molecule has 2 unspecified atom stereocenters. The van der Waals surface area contributed by atoms with Gasteiger partial charge < -0.3 is 34.7 Å². The van der Waals surface area contributed by atoms with E-state index in [1.807, 2.05) is 48.3 Å². The number of piperidine rings is 1. The molecule has 2 bridgehead atoms. The van der Waals surface area contributed by atoms with Gasteiger partial charge in [-0.05, 0) is 72.9 Å². The Hall–Kier alpha value is -4.18. The molecule has 3 aromatic carbocycles. The lowest BCUT2D eigenvalue weighted by Gasteiger charge is -2.27. The summed E-state index contributed by atoms with van der Waals surface area (Å²) in [7, 11) is 3.65. The van der Waals surface area contributed by atoms with Gasteiger partial charge in [-0.15, -0.1) is 0 Å². The fraction of sp³-hybridized carbons (Fsp3) is 0.389. The average molecular weight is 606 g/mol. The fourth-order valence-electron chi connectivity index (χ4n) is 7.78. The molecule has 8 rings (SSSR count). The number of aliphatic hydroxyl groups is 2. The highest BCUT2D eigenvalue weighted by molar-refractivity contribution is 6.01. The Morgan fingerprint density at radius 2 is 1.89 bits per heavy atom. The number of imidazole rings is 1. The van der Waals surface area contributed by atoms with Crippen LogP contribution in [0.5, 0.6) is 5.75 Å². The molecule has 0 spiro atoms. The number of ether oxygens (including phenoxy) is 1. The van der Waals surface area contributed by atoms with Crippen molar-refractivity contribution < 1.29 is 19.7 Å². The number of likely N-dealkylation sites (tertiary alicyclic amines) is 1. The topological polar surface area (TPSA) is 119 Å². The SMILES string of the molecule is COc1cc(C(=O)N2C[C@H]3CC[C@@H]2C3N)cc2nc(-c3cc4cccc(-c5cccc(C(O)CO)c5)c4n3CC3CC3)n(C)c12. The average Bonchev–Trinajstić information content (AvgIpc) is 3.45. The van der Waals surface area contributed by atoms with Gasteiger partial charge in [0.1, 0.15) is 17.4 Å². The summed E-state index contributed by atoms with van der Waals surface area (Å²) in [4.78, 5) is 20.9. The minimum atomic E-state index is -0.929. The van der Waals surface area contributed by atoms with Gasteiger partial charge in [-0.1, -0.05) is 36.4 Å². The molecule has 2 aromatic heterocycles. The molecule has 2 saturated carbocycles. The molecule has 3 fully saturated rings. The lowest BCUT2D eigenvalue weighted by molar-refractivity contribution is 0.0700. The van der Waals surface area contributed by atoms with E-state index in [0.717, 1.165) is 64.0 Å². The van der Waals surface area contributed by atoms with Crippen LogP contribution in [-0.2, 0) is 13.6 Å². The van der Waals surface area contributed by atoms with Crippen molar-refractivity contribution in [2.24, 2.45) is 24.6 Å². The molecule has 2 aliphatic carbocycles. The van der Waals surface area contributed by atoms with E-state index in [1.165, 1.54) is 12.8 Å². The maximum absolute atomic E-state index is 13.8. The third kappa shape index (κ3) is 4.56. The van der Waals surface area contributed by atoms with Crippen molar-refractivity contribution in [2.45, 2.75) is 50.4 Å². The van der Waals surface area contributed by atoms with E-state index in [4.69, 9.17) is 15.5 Å². The number of amides is 1. The van der Waals surface area contributed by atoms with Crippen LogP contribution in [0.2, 0.25) is 0 Å². The monoisotopic (exact) mass is 605 g/mol. The molecule has 45 heavy (non-hydrogen) atoms. The van der Waals surface area contributed by atoms with Gasteiger partial charge in [-0.3, -0.25) is 4.79 Å². The molecular formula is C36H39N5O4. The van der Waals surface area contributed by atoms with Crippen molar-refractivity contribution in [3.63, 3.8) is 0 Å². The van der Waals surface area contributed by atoms with Gasteiger partial charge in [0, 0.05) is 48.7 Å². The first-order chi connectivity index (χ1) is 21.9. The predicted octanol–water partition coefficient (Wildman–Crippen LogP) is 4.87. The summed E-state index contributed by atoms with van der Waals surface area (Å²) in [6.45, 7) is 1.26. The normalized spacial score (nSPS) is 21.7. The number of aryl methyl sites for hydroxylation is 1. The first-order valence-electron chi connectivity index (χ1n) is 16.0. The minimum Gasteiger partial charge on any atom is -0.494 e. The van der Waals surface area contributed by atoms with Gasteiger partial charge in [0.2, 0.25) is 0 Å². The summed E-state index contributed by atoms with van der Waals surface area (Å²) in [5, 5.41) is 21.0. The highest BCUT2D eigenvalue weighted by Crippen LogP contribution is 2.42. The van der Waals surface area contributed by atoms with Crippen molar-refractivity contribution in [2.75, 3.05) is 20.3 Å². The molecule has 9 heteroatoms. The van der Waals surface area contributed by atoms with Crippen LogP contribution in [-0.4, -0.2) is 67.5 Å². The number of hydrogen-bond donors (Lipinski definition) is 3. The quantitative estimate of drug-likeness (QED) is 0.232. The third-order valence-corrected chi connectivity index (χ3v) is 10.4. The molecule has 1 amide bonds. The van der Waals surface area contributed by atoms with Crippen LogP contribution < -0.4 is 10.5 Å². The van der Waals surface area contributed by atoms with Crippen LogP contribution in [0.15, 0.2) is 60.7 Å². The van der Waals surface area contributed by atoms with Crippen LogP contribution in [0, 0.1) is 11.8 Å². The zero-order chi connectivity index (χ0) is 31.0. The maximum Gasteiger partial charge on any atom is 0.254 e. The number of rotatable bonds is 8. The highest BCUT2D eigenvalue weighted by Gasteiger charge is 2.47. The van der Waals surface area contributed by atoms with Crippen molar-refractivity contribution in [3.05, 3.63) is 71.8 Å². The van der Waals surface area contributed by atoms with Crippen LogP contribution in [0.4, 0.5) is 0 Å². The molecule has 3 aliphatic rings. The summed E-state index contributed by atoms with van der Waals surface area (Å²) in [6, 6.07) is 20.2. The van der Waals surface area contributed by atoms with Crippen LogP contribution in [0.1, 0.15) is 47.7 Å². The van der Waals surface area contributed by atoms with Gasteiger partial charge in [0.25, 0.3) is 5.91 Å². The zero-order valence-corrected chi connectivity index (χ0v) is 25.7. The van der Waals surface area contributed by atoms with E-state index in [0.29, 0.717) is 35.3 Å². The number of benzene rings is 3. The molecule has 1 aliphatic heterocycles. The Balaban J connectivity index is 1.27. The lowest BCUT2D eigenvalue weighted by Crippen LogP contribution is -2.41. The first kappa shape index (κ1) is 28.3. The number of carbonyl (C=O) groups excluding carboxylic acids is 1. The van der Waals surface area contributed by atoms with Crippen LogP contribution in [0.3, 0.4) is 0 Å². The first-order valence-corrected chi connectivity index (χ1v) is 16.0. The van der Waals surface area contributed by atoms with Crippen LogP contribution in [0.25, 0.3) is 44.6 Å². The summed E-state index contributed by atoms with van der Waals surface area (Å²) in [5.41, 5.74) is 13.4. The second-order valence-electron chi connectivity index (χ2n) is 13.1. The number of methoxy groups -OCH3 is 1. The zero-order valence-electron chi connectivity index (χ0n) is 25.7. The highest BCUT2D eigenvalue weighted by atomic mass is 16.5. The Morgan fingerprint density at radius 1 is 1.07 bits per heavy atom. The van der Waals surface area contributed by atoms with E-state index in [1.54, 1.807) is 7.11 Å². The van der Waals surface area contributed by atoms with Crippen molar-refractivity contribution in [1.29, 1.82) is 0 Å². The Bertz CT molecular complexity index is 1960. The van der Waals surface area contributed by atoms with Crippen molar-refractivity contribution >= 4 is 27.8 Å². The maximum atomic E-state index is 13.8. The number of para-hydroxylation sites is 1. The Morgan fingerprint density at radius 3 is 2.60 bits per heavy atom. The molecular weight excluding hydrogens is 566 g/mol.